The summed E-state index contributed by atoms with van der Waals surface area (Å²) in [5.74, 6) is 0. The minimum absolute atomic E-state index is 0.0408. The third-order valence-corrected chi connectivity index (χ3v) is 2.61. The summed E-state index contributed by atoms with van der Waals surface area (Å²) in [6, 6.07) is 0.174. The second-order valence-corrected chi connectivity index (χ2v) is 4.75. The molecule has 0 aromatic carbocycles. The highest BCUT2D eigenvalue weighted by atomic mass is 16.5. The fourth-order valence-corrected chi connectivity index (χ4v) is 1.73. The van der Waals surface area contributed by atoms with Crippen LogP contribution in [-0.4, -0.2) is 54.5 Å². The molecule has 0 aromatic heterocycles. The van der Waals surface area contributed by atoms with E-state index < -0.39 is 0 Å². The van der Waals surface area contributed by atoms with Gasteiger partial charge in [-0.3, -0.25) is 4.90 Å². The molecule has 0 saturated heterocycles. The molecule has 0 spiro atoms. The van der Waals surface area contributed by atoms with Gasteiger partial charge in [-0.2, -0.15) is 0 Å². The summed E-state index contributed by atoms with van der Waals surface area (Å²) in [7, 11) is 1.62. The predicted molar refractivity (Wildman–Crippen MR) is 62.9 cm³/mol. The Morgan fingerprint density at radius 1 is 1.47 bits per heavy atom. The van der Waals surface area contributed by atoms with E-state index in [0.29, 0.717) is 0 Å². The normalized spacial score (nSPS) is 16.8. The van der Waals surface area contributed by atoms with E-state index in [4.69, 9.17) is 15.6 Å². The molecule has 0 aromatic rings. The molecule has 92 valence electrons. The standard InChI is InChI=1S/C11H26N2O2/c1-6-13(8-11(3,4)12)9(2)10(7-14)15-5/h9-10,14H,6-8,12H2,1-5H3. The number of aliphatic hydroxyl groups is 1. The first-order chi connectivity index (χ1) is 6.85. The Hall–Kier alpha value is -0.160. The highest BCUT2D eigenvalue weighted by molar-refractivity contribution is 4.82. The van der Waals surface area contributed by atoms with Gasteiger partial charge in [-0.05, 0) is 27.3 Å². The smallest absolute Gasteiger partial charge is 0.0953 e. The summed E-state index contributed by atoms with van der Waals surface area (Å²) in [6.45, 7) is 9.89. The second-order valence-electron chi connectivity index (χ2n) is 4.75. The molecule has 0 bridgehead atoms. The van der Waals surface area contributed by atoms with Crippen LogP contribution in [0.5, 0.6) is 0 Å². The number of methoxy groups -OCH3 is 1. The minimum Gasteiger partial charge on any atom is -0.394 e. The van der Waals surface area contributed by atoms with Gasteiger partial charge >= 0.3 is 0 Å². The molecule has 0 heterocycles. The zero-order valence-corrected chi connectivity index (χ0v) is 10.7. The van der Waals surface area contributed by atoms with Gasteiger partial charge in [-0.15, -0.1) is 0 Å². The molecule has 2 unspecified atom stereocenters. The summed E-state index contributed by atoms with van der Waals surface area (Å²) >= 11 is 0. The lowest BCUT2D eigenvalue weighted by atomic mass is 10.0. The van der Waals surface area contributed by atoms with Gasteiger partial charge < -0.3 is 15.6 Å². The molecule has 0 radical (unpaired) electrons. The highest BCUT2D eigenvalue weighted by Crippen LogP contribution is 2.10. The quantitative estimate of drug-likeness (QED) is 0.651. The van der Waals surface area contributed by atoms with Crippen LogP contribution < -0.4 is 5.73 Å². The molecule has 0 rings (SSSR count). The topological polar surface area (TPSA) is 58.7 Å². The largest absolute Gasteiger partial charge is 0.394 e. The molecule has 0 aliphatic rings. The highest BCUT2D eigenvalue weighted by Gasteiger charge is 2.25. The van der Waals surface area contributed by atoms with Crippen LogP contribution in [0.2, 0.25) is 0 Å². The van der Waals surface area contributed by atoms with Crippen LogP contribution >= 0.6 is 0 Å². The lowest BCUT2D eigenvalue weighted by molar-refractivity contribution is -0.0156. The van der Waals surface area contributed by atoms with Crippen molar-refractivity contribution in [3.05, 3.63) is 0 Å². The van der Waals surface area contributed by atoms with Crippen LogP contribution in [0.25, 0.3) is 0 Å². The van der Waals surface area contributed by atoms with Crippen LogP contribution in [0, 0.1) is 0 Å². The van der Waals surface area contributed by atoms with Crippen molar-refractivity contribution in [1.29, 1.82) is 0 Å². The van der Waals surface area contributed by atoms with Crippen LogP contribution in [0.3, 0.4) is 0 Å². The molecule has 0 amide bonds. The third-order valence-electron chi connectivity index (χ3n) is 2.61. The van der Waals surface area contributed by atoms with E-state index in [2.05, 4.69) is 18.7 Å². The van der Waals surface area contributed by atoms with E-state index in [-0.39, 0.29) is 24.3 Å². The van der Waals surface area contributed by atoms with Crippen LogP contribution in [0.1, 0.15) is 27.7 Å². The number of hydrogen-bond donors (Lipinski definition) is 2. The molecule has 3 N–H and O–H groups in total. The first kappa shape index (κ1) is 14.8. The summed E-state index contributed by atoms with van der Waals surface area (Å²) in [6.07, 6.45) is -0.146. The average molecular weight is 218 g/mol. The summed E-state index contributed by atoms with van der Waals surface area (Å²) < 4.78 is 5.23. The lowest BCUT2D eigenvalue weighted by Crippen LogP contribution is -2.52. The monoisotopic (exact) mass is 218 g/mol. The molecular weight excluding hydrogens is 192 g/mol. The van der Waals surface area contributed by atoms with Crippen molar-refractivity contribution in [1.82, 2.24) is 4.90 Å². The fourth-order valence-electron chi connectivity index (χ4n) is 1.73. The number of hydrogen-bond acceptors (Lipinski definition) is 4. The number of aliphatic hydroxyl groups excluding tert-OH is 1. The van der Waals surface area contributed by atoms with Gasteiger partial charge in [-0.1, -0.05) is 6.92 Å². The van der Waals surface area contributed by atoms with Crippen molar-refractivity contribution >= 4 is 0 Å². The number of rotatable bonds is 7. The van der Waals surface area contributed by atoms with Crippen molar-refractivity contribution in [2.24, 2.45) is 5.73 Å². The Morgan fingerprint density at radius 3 is 2.27 bits per heavy atom. The molecule has 0 fully saturated rings. The van der Waals surface area contributed by atoms with Crippen molar-refractivity contribution < 1.29 is 9.84 Å². The number of nitrogens with zero attached hydrogens (tertiary/aromatic N) is 1. The maximum absolute atomic E-state index is 9.16. The molecule has 15 heavy (non-hydrogen) atoms. The Bertz CT molecular complexity index is 164. The Labute approximate surface area is 93.4 Å². The van der Waals surface area contributed by atoms with E-state index in [1.165, 1.54) is 0 Å². The van der Waals surface area contributed by atoms with E-state index in [1.54, 1.807) is 7.11 Å². The zero-order chi connectivity index (χ0) is 12.1. The van der Waals surface area contributed by atoms with Crippen molar-refractivity contribution in [2.75, 3.05) is 26.8 Å². The summed E-state index contributed by atoms with van der Waals surface area (Å²) in [4.78, 5) is 2.23. The Morgan fingerprint density at radius 2 is 2.00 bits per heavy atom. The SMILES string of the molecule is CCN(CC(C)(C)N)C(C)C(CO)OC. The maximum Gasteiger partial charge on any atom is 0.0953 e. The molecular formula is C11H26N2O2. The van der Waals surface area contributed by atoms with Crippen LogP contribution in [0.4, 0.5) is 0 Å². The second kappa shape index (κ2) is 6.43. The zero-order valence-electron chi connectivity index (χ0n) is 10.7. The average Bonchev–Trinajstić information content (AvgIpc) is 2.14. The number of nitrogens with two attached hydrogens (primary N) is 1. The van der Waals surface area contributed by atoms with E-state index in [9.17, 15) is 0 Å². The van der Waals surface area contributed by atoms with Crippen molar-refractivity contribution in [2.45, 2.75) is 45.4 Å². The first-order valence-electron chi connectivity index (χ1n) is 5.52. The molecule has 2 atom stereocenters. The maximum atomic E-state index is 9.16. The van der Waals surface area contributed by atoms with Gasteiger partial charge in [0.25, 0.3) is 0 Å². The van der Waals surface area contributed by atoms with Crippen LogP contribution in [0.15, 0.2) is 0 Å². The molecule has 0 aliphatic heterocycles. The Balaban J connectivity index is 4.38. The summed E-state index contributed by atoms with van der Waals surface area (Å²) in [5, 5.41) is 9.16. The summed E-state index contributed by atoms with van der Waals surface area (Å²) in [5.41, 5.74) is 5.76. The van der Waals surface area contributed by atoms with Gasteiger partial charge in [-0.25, -0.2) is 0 Å². The van der Waals surface area contributed by atoms with Gasteiger partial charge in [0.1, 0.15) is 0 Å². The van der Waals surface area contributed by atoms with E-state index in [1.807, 2.05) is 13.8 Å². The minimum atomic E-state index is -0.224. The number of likely N-dealkylation sites (N-methyl/N-ethyl adjacent to an activating group) is 1. The van der Waals surface area contributed by atoms with Gasteiger partial charge in [0, 0.05) is 25.2 Å². The fraction of sp³-hybridized carbons (Fsp3) is 1.00. The first-order valence-corrected chi connectivity index (χ1v) is 5.52. The third kappa shape index (κ3) is 5.47. The van der Waals surface area contributed by atoms with Crippen LogP contribution in [-0.2, 0) is 4.74 Å². The van der Waals surface area contributed by atoms with Crippen molar-refractivity contribution in [3.63, 3.8) is 0 Å². The molecule has 0 aliphatic carbocycles. The van der Waals surface area contributed by atoms with E-state index in [0.717, 1.165) is 13.1 Å². The predicted octanol–water partition coefficient (Wildman–Crippen LogP) is 0.441. The number of ether oxygens (including phenoxy) is 1. The van der Waals surface area contributed by atoms with Crippen molar-refractivity contribution in [3.8, 4) is 0 Å². The molecule has 4 nitrogen and oxygen atoms in total. The molecule has 4 heteroatoms. The Kier molecular flexibility index (Phi) is 6.36. The van der Waals surface area contributed by atoms with E-state index >= 15 is 0 Å². The lowest BCUT2D eigenvalue weighted by Gasteiger charge is -2.36. The molecule has 0 saturated carbocycles. The van der Waals surface area contributed by atoms with Gasteiger partial charge in [0.2, 0.25) is 0 Å². The van der Waals surface area contributed by atoms with Gasteiger partial charge in [0.05, 0.1) is 12.7 Å². The van der Waals surface area contributed by atoms with Gasteiger partial charge in [0.15, 0.2) is 0 Å².